The van der Waals surface area contributed by atoms with Gasteiger partial charge < -0.3 is 18.9 Å². The molecule has 1 N–H and O–H groups in total. The van der Waals surface area contributed by atoms with E-state index in [9.17, 15) is 31.2 Å². The van der Waals surface area contributed by atoms with Crippen molar-refractivity contribution in [1.29, 1.82) is 0 Å². The van der Waals surface area contributed by atoms with E-state index in [0.29, 0.717) is 0 Å². The average Bonchev–Trinajstić information content (AvgIpc) is 2.43. The summed E-state index contributed by atoms with van der Waals surface area (Å²) in [5.74, 6) is -1.45. The van der Waals surface area contributed by atoms with E-state index in [4.69, 9.17) is 5.11 Å². The number of hydrogen-bond donors (Lipinski definition) is 1. The highest BCUT2D eigenvalue weighted by molar-refractivity contribution is 7.87. The van der Waals surface area contributed by atoms with Crippen molar-refractivity contribution >= 4 is 22.2 Å². The molecule has 1 aliphatic rings. The molecule has 0 fully saturated rings. The summed E-state index contributed by atoms with van der Waals surface area (Å²) in [5.41, 5.74) is -5.83. The molecule has 136 valence electrons. The molecule has 1 heterocycles. The second-order valence-corrected chi connectivity index (χ2v) is 6.29. The van der Waals surface area contributed by atoms with Crippen LogP contribution in [0.2, 0.25) is 0 Å². The predicted octanol–water partition coefficient (Wildman–Crippen LogP) is 1.61. The van der Waals surface area contributed by atoms with E-state index in [1.54, 1.807) is 0 Å². The van der Waals surface area contributed by atoms with Gasteiger partial charge in [-0.2, -0.15) is 21.6 Å². The van der Waals surface area contributed by atoms with Crippen LogP contribution in [0.25, 0.3) is 0 Å². The molecule has 0 saturated heterocycles. The molecule has 1 rings (SSSR count). The van der Waals surface area contributed by atoms with Crippen molar-refractivity contribution in [1.82, 2.24) is 4.90 Å². The molecule has 24 heavy (non-hydrogen) atoms. The third-order valence-corrected chi connectivity index (χ3v) is 4.06. The molecule has 1 amide bonds. The minimum Gasteiger partial charge on any atom is -0.466 e. The van der Waals surface area contributed by atoms with Gasteiger partial charge in [0.05, 0.1) is 13.7 Å². The molecular formula is C12H14F3NO7S. The number of carbonyl (C=O) groups is 2. The first kappa shape index (κ1) is 19.8. The second-order valence-electron chi connectivity index (χ2n) is 4.75. The van der Waals surface area contributed by atoms with Gasteiger partial charge >= 0.3 is 27.7 Å². The van der Waals surface area contributed by atoms with Crippen LogP contribution in [-0.4, -0.2) is 55.7 Å². The Hall–Kier alpha value is -2.24. The van der Waals surface area contributed by atoms with E-state index in [1.165, 1.54) is 6.92 Å². The number of alkyl halides is 3. The lowest BCUT2D eigenvalue weighted by molar-refractivity contribution is -0.134. The first-order valence-electron chi connectivity index (χ1n) is 6.37. The molecular weight excluding hydrogens is 359 g/mol. The van der Waals surface area contributed by atoms with Crippen LogP contribution in [0, 0.1) is 0 Å². The summed E-state index contributed by atoms with van der Waals surface area (Å²) in [7, 11) is -4.85. The summed E-state index contributed by atoms with van der Waals surface area (Å²) in [6, 6.07) is -0.823. The molecule has 0 aliphatic carbocycles. The van der Waals surface area contributed by atoms with Crippen LogP contribution < -0.4 is 0 Å². The zero-order valence-electron chi connectivity index (χ0n) is 12.5. The highest BCUT2D eigenvalue weighted by Crippen LogP contribution is 2.32. The number of rotatable bonds is 4. The predicted molar refractivity (Wildman–Crippen MR) is 73.1 cm³/mol. The fraction of sp³-hybridized carbons (Fsp3) is 0.500. The third-order valence-electron chi connectivity index (χ3n) is 3.07. The Bertz CT molecular complexity index is 681. The van der Waals surface area contributed by atoms with Crippen LogP contribution in [0.4, 0.5) is 18.0 Å². The molecule has 0 aromatic carbocycles. The highest BCUT2D eigenvalue weighted by atomic mass is 32.2. The molecule has 0 bridgehead atoms. The maximum absolute atomic E-state index is 12.5. The van der Waals surface area contributed by atoms with E-state index in [2.05, 4.69) is 8.92 Å². The van der Waals surface area contributed by atoms with Gasteiger partial charge in [-0.1, -0.05) is 0 Å². The van der Waals surface area contributed by atoms with Crippen LogP contribution in [0.15, 0.2) is 23.5 Å². The topological polar surface area (TPSA) is 110 Å². The first-order chi connectivity index (χ1) is 10.9. The lowest BCUT2D eigenvalue weighted by Gasteiger charge is -2.32. The number of esters is 1. The smallest absolute Gasteiger partial charge is 0.466 e. The lowest BCUT2D eigenvalue weighted by Crippen LogP contribution is -2.43. The van der Waals surface area contributed by atoms with Crippen LogP contribution in [0.1, 0.15) is 13.3 Å². The minimum atomic E-state index is -5.91. The van der Waals surface area contributed by atoms with E-state index >= 15 is 0 Å². The van der Waals surface area contributed by atoms with Gasteiger partial charge in [-0.25, -0.2) is 9.59 Å². The normalized spacial score (nSPS) is 19.5. The van der Waals surface area contributed by atoms with Crippen molar-refractivity contribution in [3.63, 3.8) is 0 Å². The third kappa shape index (κ3) is 4.63. The van der Waals surface area contributed by atoms with Gasteiger partial charge in [-0.05, 0) is 13.0 Å². The maximum atomic E-state index is 12.5. The number of ether oxygens (including phenoxy) is 1. The van der Waals surface area contributed by atoms with Crippen LogP contribution >= 0.6 is 0 Å². The molecule has 0 aromatic heterocycles. The molecule has 0 aromatic rings. The zero-order valence-corrected chi connectivity index (χ0v) is 13.3. The number of amides is 1. The van der Waals surface area contributed by atoms with Crippen molar-refractivity contribution in [2.45, 2.75) is 24.9 Å². The Balaban J connectivity index is 3.27. The fourth-order valence-electron chi connectivity index (χ4n) is 1.84. The number of carbonyl (C=O) groups excluding carboxylic acids is 1. The molecule has 0 radical (unpaired) electrons. The second kappa shape index (κ2) is 7.11. The van der Waals surface area contributed by atoms with Crippen LogP contribution in [0.5, 0.6) is 0 Å². The molecule has 1 atom stereocenters. The van der Waals surface area contributed by atoms with Gasteiger partial charge in [0.15, 0.2) is 0 Å². The molecule has 0 saturated carbocycles. The first-order valence-corrected chi connectivity index (χ1v) is 7.78. The zero-order chi connectivity index (χ0) is 18.7. The Morgan fingerprint density at radius 3 is 2.42 bits per heavy atom. The van der Waals surface area contributed by atoms with E-state index < -0.39 is 52.5 Å². The van der Waals surface area contributed by atoms with Crippen molar-refractivity contribution in [3.05, 3.63) is 23.5 Å². The van der Waals surface area contributed by atoms with Gasteiger partial charge in [0.25, 0.3) is 0 Å². The number of hydrogen-bond acceptors (Lipinski definition) is 6. The quantitative estimate of drug-likeness (QED) is 0.345. The summed E-state index contributed by atoms with van der Waals surface area (Å²) < 4.78 is 68.1. The molecule has 0 spiro atoms. The fourth-order valence-corrected chi connectivity index (χ4v) is 2.38. The lowest BCUT2D eigenvalue weighted by atomic mass is 10.0. The largest absolute Gasteiger partial charge is 0.534 e. The summed E-state index contributed by atoms with van der Waals surface area (Å²) in [5, 5.41) is 9.05. The summed E-state index contributed by atoms with van der Waals surface area (Å²) >= 11 is 0. The monoisotopic (exact) mass is 373 g/mol. The summed E-state index contributed by atoms with van der Waals surface area (Å²) in [6.07, 6.45) is -0.00380. The molecule has 12 heteroatoms. The van der Waals surface area contributed by atoms with Gasteiger partial charge in [0.2, 0.25) is 0 Å². The van der Waals surface area contributed by atoms with Crippen molar-refractivity contribution < 1.29 is 45.2 Å². The van der Waals surface area contributed by atoms with Gasteiger partial charge in [-0.15, -0.1) is 0 Å². The molecule has 8 nitrogen and oxygen atoms in total. The van der Waals surface area contributed by atoms with Gasteiger partial charge in [0.1, 0.15) is 5.76 Å². The van der Waals surface area contributed by atoms with Crippen molar-refractivity contribution in [2.75, 3.05) is 13.7 Å². The Labute approximate surface area is 135 Å². The highest BCUT2D eigenvalue weighted by Gasteiger charge is 2.49. The number of halogens is 3. The Morgan fingerprint density at radius 2 is 1.96 bits per heavy atom. The van der Waals surface area contributed by atoms with Crippen LogP contribution in [0.3, 0.4) is 0 Å². The van der Waals surface area contributed by atoms with Crippen molar-refractivity contribution in [2.24, 2.45) is 0 Å². The minimum absolute atomic E-state index is 0.200. The number of carboxylic acid groups (broad SMARTS) is 1. The Kier molecular flexibility index (Phi) is 5.87. The van der Waals surface area contributed by atoms with E-state index in [0.717, 1.165) is 24.2 Å². The Morgan fingerprint density at radius 1 is 1.38 bits per heavy atom. The van der Waals surface area contributed by atoms with E-state index in [-0.39, 0.29) is 5.57 Å². The summed E-state index contributed by atoms with van der Waals surface area (Å²) in [4.78, 5) is 23.1. The van der Waals surface area contributed by atoms with Gasteiger partial charge in [-0.3, -0.25) is 0 Å². The molecule has 1 aliphatic heterocycles. The number of nitrogens with zero attached hydrogens (tertiary/aromatic N) is 1. The maximum Gasteiger partial charge on any atom is 0.534 e. The molecule has 1 unspecified atom stereocenters. The van der Waals surface area contributed by atoms with Crippen LogP contribution in [-0.2, 0) is 23.8 Å². The SMILES string of the molecule is COC(=O)C=CC1=C(OS(=O)(=O)C(F)(F)F)CC(C)N(C(=O)O)C1. The number of methoxy groups -OCH3 is 1. The standard InChI is InChI=1S/C12H14F3NO7S/c1-7-5-9(23-24(20,21)12(13,14)15)8(3-4-10(17)22-2)6-16(7)11(18)19/h3-4,7H,5-6H2,1-2H3,(H,18,19). The summed E-state index contributed by atoms with van der Waals surface area (Å²) in [6.45, 7) is 0.922. The van der Waals surface area contributed by atoms with E-state index in [1.807, 2.05) is 0 Å². The van der Waals surface area contributed by atoms with Crippen molar-refractivity contribution in [3.8, 4) is 0 Å². The average molecular weight is 373 g/mol. The van der Waals surface area contributed by atoms with Gasteiger partial charge in [0, 0.05) is 24.1 Å².